The van der Waals surface area contributed by atoms with E-state index >= 15 is 0 Å². The summed E-state index contributed by atoms with van der Waals surface area (Å²) in [4.78, 5) is 12.3. The maximum atomic E-state index is 12.8. The fraction of sp³-hybridized carbons (Fsp3) is 0.545. The maximum Gasteiger partial charge on any atom is 0.500 e. The Labute approximate surface area is 109 Å². The van der Waals surface area contributed by atoms with Gasteiger partial charge in [0.2, 0.25) is 5.91 Å². The number of rotatable bonds is 6. The fourth-order valence-electron chi connectivity index (χ4n) is 1.64. The topological polar surface area (TPSA) is 29.1 Å². The molecular formula is C11H16BF3NOS-. The maximum absolute atomic E-state index is 12.8. The van der Waals surface area contributed by atoms with Crippen LogP contribution in [0.1, 0.15) is 25.1 Å². The van der Waals surface area contributed by atoms with Crippen LogP contribution in [-0.4, -0.2) is 18.8 Å². The fourth-order valence-corrected chi connectivity index (χ4v) is 2.35. The molecule has 1 heterocycles. The predicted molar refractivity (Wildman–Crippen MR) is 68.5 cm³/mol. The molecular weight excluding hydrogens is 262 g/mol. The van der Waals surface area contributed by atoms with Crippen LogP contribution < -0.4 is 5.32 Å². The van der Waals surface area contributed by atoms with Crippen LogP contribution in [0.3, 0.4) is 0 Å². The van der Waals surface area contributed by atoms with Gasteiger partial charge in [-0.25, -0.2) is 0 Å². The van der Waals surface area contributed by atoms with Crippen molar-refractivity contribution < 1.29 is 17.7 Å². The molecule has 0 radical (unpaired) electrons. The average Bonchev–Trinajstić information content (AvgIpc) is 2.67. The number of carbonyl (C=O) groups excluding carboxylic acids is 1. The highest BCUT2D eigenvalue weighted by Crippen LogP contribution is 2.20. The van der Waals surface area contributed by atoms with E-state index in [0.29, 0.717) is 0 Å². The summed E-state index contributed by atoms with van der Waals surface area (Å²) < 4.78 is 38.3. The van der Waals surface area contributed by atoms with Crippen molar-refractivity contribution in [3.63, 3.8) is 0 Å². The molecule has 2 nitrogen and oxygen atoms in total. The molecule has 0 fully saturated rings. The van der Waals surface area contributed by atoms with Crippen LogP contribution in [0.25, 0.3) is 0 Å². The number of halogens is 3. The van der Waals surface area contributed by atoms with E-state index in [1.807, 2.05) is 0 Å². The van der Waals surface area contributed by atoms with Crippen molar-refractivity contribution >= 4 is 24.2 Å². The largest absolute Gasteiger partial charge is 0.500 e. The molecule has 1 atom stereocenters. The lowest BCUT2D eigenvalue weighted by Crippen LogP contribution is -2.50. The van der Waals surface area contributed by atoms with Crippen molar-refractivity contribution in [3.05, 3.63) is 22.4 Å². The number of nitrogens with one attached hydrogen (secondary N) is 1. The average molecular weight is 278 g/mol. The van der Waals surface area contributed by atoms with E-state index in [1.165, 1.54) is 11.3 Å². The second-order valence-corrected chi connectivity index (χ2v) is 5.72. The second kappa shape index (κ2) is 6.27. The highest BCUT2D eigenvalue weighted by Gasteiger charge is 2.36. The lowest BCUT2D eigenvalue weighted by Gasteiger charge is -2.29. The molecule has 1 aromatic heterocycles. The second-order valence-electron chi connectivity index (χ2n) is 4.69. The molecule has 0 aliphatic carbocycles. The van der Waals surface area contributed by atoms with Gasteiger partial charge in [-0.05, 0) is 23.3 Å². The van der Waals surface area contributed by atoms with Gasteiger partial charge in [-0.1, -0.05) is 26.3 Å². The van der Waals surface area contributed by atoms with Crippen molar-refractivity contribution in [3.8, 4) is 0 Å². The summed E-state index contributed by atoms with van der Waals surface area (Å²) in [5.74, 6) is -2.37. The van der Waals surface area contributed by atoms with Gasteiger partial charge < -0.3 is 18.3 Å². The Morgan fingerprint density at radius 2 is 2.11 bits per heavy atom. The molecule has 1 rings (SSSR count). The summed E-state index contributed by atoms with van der Waals surface area (Å²) in [6.45, 7) is -1.63. The van der Waals surface area contributed by atoms with E-state index in [2.05, 4.69) is 5.32 Å². The molecule has 0 aliphatic heterocycles. The van der Waals surface area contributed by atoms with Crippen LogP contribution in [0.2, 0.25) is 0 Å². The summed E-state index contributed by atoms with van der Waals surface area (Å²) >= 11 is 1.36. The van der Waals surface area contributed by atoms with E-state index in [4.69, 9.17) is 0 Å². The smallest absolute Gasteiger partial charge is 0.448 e. The van der Waals surface area contributed by atoms with Gasteiger partial charge in [0.25, 0.3) is 0 Å². The molecule has 0 aromatic carbocycles. The Bertz CT molecular complexity index is 378. The van der Waals surface area contributed by atoms with Crippen molar-refractivity contribution in [2.75, 3.05) is 0 Å². The van der Waals surface area contributed by atoms with Crippen LogP contribution in [0, 0.1) is 5.92 Å². The van der Waals surface area contributed by atoms with Crippen LogP contribution >= 0.6 is 11.3 Å². The minimum absolute atomic E-state index is 0.0123. The van der Waals surface area contributed by atoms with Crippen molar-refractivity contribution in [1.29, 1.82) is 0 Å². The number of carbonyl (C=O) groups is 1. The quantitative estimate of drug-likeness (QED) is 0.795. The van der Waals surface area contributed by atoms with E-state index < -0.39 is 18.8 Å². The lowest BCUT2D eigenvalue weighted by atomic mass is 9.75. The summed E-state index contributed by atoms with van der Waals surface area (Å²) in [6, 6.07) is 3.51. The third-order valence-corrected chi connectivity index (χ3v) is 3.32. The molecule has 1 aromatic rings. The SMILES string of the molecule is CC(C)C[C@H](NC(=O)Cc1cccs1)[B-](F)(F)F. The molecule has 0 bridgehead atoms. The molecule has 7 heteroatoms. The van der Waals surface area contributed by atoms with Gasteiger partial charge in [-0.15, -0.1) is 11.3 Å². The first-order valence-corrected chi connectivity index (χ1v) is 6.68. The molecule has 0 aliphatic rings. The van der Waals surface area contributed by atoms with E-state index in [-0.39, 0.29) is 18.8 Å². The zero-order valence-electron chi connectivity index (χ0n) is 10.3. The number of thiophene rings is 1. The molecule has 18 heavy (non-hydrogen) atoms. The number of hydrogen-bond acceptors (Lipinski definition) is 2. The standard InChI is InChI=1S/C11H16BF3NOS/c1-8(2)6-10(12(13,14)15)16-11(17)7-9-4-3-5-18-9/h3-5,8,10H,6-7H2,1-2H3,(H,16,17)/q-1/t10-/m0/s1. The van der Waals surface area contributed by atoms with Crippen molar-refractivity contribution in [2.24, 2.45) is 5.92 Å². The van der Waals surface area contributed by atoms with Crippen LogP contribution in [-0.2, 0) is 11.2 Å². The molecule has 1 amide bonds. The van der Waals surface area contributed by atoms with Crippen molar-refractivity contribution in [2.45, 2.75) is 32.6 Å². The zero-order chi connectivity index (χ0) is 13.8. The number of amides is 1. The number of hydrogen-bond donors (Lipinski definition) is 1. The summed E-state index contributed by atoms with van der Waals surface area (Å²) in [6.07, 6.45) is -0.0574. The minimum Gasteiger partial charge on any atom is -0.448 e. The molecule has 0 saturated heterocycles. The Balaban J connectivity index is 2.57. The van der Waals surface area contributed by atoms with Crippen molar-refractivity contribution in [1.82, 2.24) is 5.32 Å². The summed E-state index contributed by atoms with van der Waals surface area (Å²) in [5.41, 5.74) is 0. The van der Waals surface area contributed by atoms with Gasteiger partial charge in [0.1, 0.15) is 0 Å². The third kappa shape index (κ3) is 5.12. The van der Waals surface area contributed by atoms with Gasteiger partial charge in [-0.2, -0.15) is 0 Å². The Hall–Kier alpha value is -0.975. The molecule has 0 saturated carbocycles. The van der Waals surface area contributed by atoms with E-state index in [0.717, 1.165) is 4.88 Å². The van der Waals surface area contributed by atoms with Gasteiger partial charge >= 0.3 is 6.98 Å². The molecule has 0 unspecified atom stereocenters. The Morgan fingerprint density at radius 3 is 2.56 bits per heavy atom. The third-order valence-electron chi connectivity index (χ3n) is 2.44. The molecule has 102 valence electrons. The normalized spacial score (nSPS) is 13.7. The minimum atomic E-state index is -5.05. The summed E-state index contributed by atoms with van der Waals surface area (Å²) in [7, 11) is 0. The first kappa shape index (κ1) is 15.1. The first-order valence-electron chi connectivity index (χ1n) is 5.80. The Kier molecular flexibility index (Phi) is 5.25. The van der Waals surface area contributed by atoms with Gasteiger partial charge in [0.05, 0.1) is 6.42 Å². The highest BCUT2D eigenvalue weighted by molar-refractivity contribution is 7.10. The van der Waals surface area contributed by atoms with Gasteiger partial charge in [0.15, 0.2) is 0 Å². The summed E-state index contributed by atoms with van der Waals surface area (Å²) in [5, 5.41) is 3.89. The Morgan fingerprint density at radius 1 is 1.44 bits per heavy atom. The van der Waals surface area contributed by atoms with Crippen LogP contribution in [0.5, 0.6) is 0 Å². The van der Waals surface area contributed by atoms with Crippen LogP contribution in [0.4, 0.5) is 12.9 Å². The van der Waals surface area contributed by atoms with Gasteiger partial charge in [-0.3, -0.25) is 4.79 Å². The first-order chi connectivity index (χ1) is 8.29. The van der Waals surface area contributed by atoms with E-state index in [1.54, 1.807) is 31.4 Å². The highest BCUT2D eigenvalue weighted by atomic mass is 32.1. The lowest BCUT2D eigenvalue weighted by molar-refractivity contribution is -0.120. The van der Waals surface area contributed by atoms with Crippen LogP contribution in [0.15, 0.2) is 17.5 Å². The van der Waals surface area contributed by atoms with E-state index in [9.17, 15) is 17.7 Å². The molecule has 1 N–H and O–H groups in total. The van der Waals surface area contributed by atoms with Gasteiger partial charge in [0, 0.05) is 4.88 Å². The molecule has 0 spiro atoms. The predicted octanol–water partition coefficient (Wildman–Crippen LogP) is 3.21. The zero-order valence-corrected chi connectivity index (χ0v) is 11.1. The monoisotopic (exact) mass is 278 g/mol.